The molecule has 0 bridgehead atoms. The molecule has 0 spiro atoms. The van der Waals surface area contributed by atoms with Crippen LogP contribution in [0.1, 0.15) is 36.8 Å². The highest BCUT2D eigenvalue weighted by atomic mass is 16.5. The molecule has 2 aliphatic carbocycles. The zero-order valence-corrected chi connectivity index (χ0v) is 10.9. The smallest absolute Gasteiger partial charge is 0.156 e. The standard InChI is InChI=1S/C16H18O2/c1-16-7-5-11-9-13(18-2)3-4-14(11)15(16)10-12(17)6-8-16/h3-4,6,8-9,15H,5,7,10H2,1-2H3/t15-,16-/m1/s1. The van der Waals surface area contributed by atoms with Crippen LogP contribution in [0.2, 0.25) is 0 Å². The molecule has 18 heavy (non-hydrogen) atoms. The normalized spacial score (nSPS) is 29.7. The molecule has 0 N–H and O–H groups in total. The maximum absolute atomic E-state index is 11.7. The van der Waals surface area contributed by atoms with Crippen LogP contribution in [0.15, 0.2) is 30.4 Å². The number of allylic oxidation sites excluding steroid dienone is 2. The zero-order valence-electron chi connectivity index (χ0n) is 10.9. The zero-order chi connectivity index (χ0) is 12.8. The quantitative estimate of drug-likeness (QED) is 0.755. The summed E-state index contributed by atoms with van der Waals surface area (Å²) in [6.45, 7) is 2.27. The molecule has 2 nitrogen and oxygen atoms in total. The van der Waals surface area contributed by atoms with Crippen molar-refractivity contribution in [1.82, 2.24) is 0 Å². The minimum Gasteiger partial charge on any atom is -0.497 e. The fourth-order valence-electron chi connectivity index (χ4n) is 3.29. The van der Waals surface area contributed by atoms with Gasteiger partial charge in [-0.1, -0.05) is 19.1 Å². The minimum atomic E-state index is 0.148. The van der Waals surface area contributed by atoms with Gasteiger partial charge in [-0.05, 0) is 47.6 Å². The van der Waals surface area contributed by atoms with Crippen molar-refractivity contribution in [3.05, 3.63) is 41.5 Å². The van der Waals surface area contributed by atoms with Gasteiger partial charge in [-0.25, -0.2) is 0 Å². The van der Waals surface area contributed by atoms with Crippen LogP contribution < -0.4 is 4.74 Å². The molecule has 1 aromatic carbocycles. The third-order valence-corrected chi connectivity index (χ3v) is 4.51. The second kappa shape index (κ2) is 3.98. The van der Waals surface area contributed by atoms with Crippen LogP contribution >= 0.6 is 0 Å². The Balaban J connectivity index is 2.07. The van der Waals surface area contributed by atoms with Crippen molar-refractivity contribution in [3.8, 4) is 5.75 Å². The van der Waals surface area contributed by atoms with Gasteiger partial charge in [-0.2, -0.15) is 0 Å². The first kappa shape index (κ1) is 11.5. The second-order valence-corrected chi connectivity index (χ2v) is 5.63. The van der Waals surface area contributed by atoms with Crippen LogP contribution in [0, 0.1) is 5.41 Å². The van der Waals surface area contributed by atoms with Gasteiger partial charge in [0.15, 0.2) is 5.78 Å². The Morgan fingerprint density at radius 2 is 2.22 bits per heavy atom. The fourth-order valence-corrected chi connectivity index (χ4v) is 3.29. The second-order valence-electron chi connectivity index (χ2n) is 5.63. The number of hydrogen-bond acceptors (Lipinski definition) is 2. The van der Waals surface area contributed by atoms with Gasteiger partial charge in [0.05, 0.1) is 7.11 Å². The minimum absolute atomic E-state index is 0.148. The number of carbonyl (C=O) groups excluding carboxylic acids is 1. The lowest BCUT2D eigenvalue weighted by atomic mass is 9.61. The van der Waals surface area contributed by atoms with Gasteiger partial charge in [0, 0.05) is 12.3 Å². The summed E-state index contributed by atoms with van der Waals surface area (Å²) < 4.78 is 5.28. The van der Waals surface area contributed by atoms with Gasteiger partial charge in [0.2, 0.25) is 0 Å². The summed E-state index contributed by atoms with van der Waals surface area (Å²) in [5.41, 5.74) is 2.83. The van der Waals surface area contributed by atoms with Crippen molar-refractivity contribution < 1.29 is 9.53 Å². The molecule has 0 fully saturated rings. The van der Waals surface area contributed by atoms with Crippen LogP contribution in [-0.2, 0) is 11.2 Å². The van der Waals surface area contributed by atoms with E-state index in [1.54, 1.807) is 13.2 Å². The number of methoxy groups -OCH3 is 1. The van der Waals surface area contributed by atoms with Gasteiger partial charge >= 0.3 is 0 Å². The van der Waals surface area contributed by atoms with Crippen LogP contribution in [0.5, 0.6) is 5.75 Å². The van der Waals surface area contributed by atoms with Gasteiger partial charge in [-0.15, -0.1) is 0 Å². The van der Waals surface area contributed by atoms with E-state index in [2.05, 4.69) is 25.1 Å². The Morgan fingerprint density at radius 3 is 3.00 bits per heavy atom. The highest BCUT2D eigenvalue weighted by Gasteiger charge is 2.40. The molecule has 0 aliphatic heterocycles. The van der Waals surface area contributed by atoms with E-state index in [9.17, 15) is 4.79 Å². The number of hydrogen-bond donors (Lipinski definition) is 0. The summed E-state index contributed by atoms with van der Waals surface area (Å²) in [5, 5.41) is 0. The largest absolute Gasteiger partial charge is 0.497 e. The number of fused-ring (bicyclic) bond motifs is 3. The Hall–Kier alpha value is -1.57. The molecule has 3 rings (SSSR count). The van der Waals surface area contributed by atoms with E-state index < -0.39 is 0 Å². The molecule has 1 aromatic rings. The molecule has 2 heteroatoms. The number of ether oxygens (including phenoxy) is 1. The SMILES string of the molecule is COc1ccc2c(c1)CC[C@]1(C)C=CC(=O)C[C@H]21. The summed E-state index contributed by atoms with van der Waals surface area (Å²) >= 11 is 0. The molecular formula is C16H18O2. The van der Waals surface area contributed by atoms with E-state index in [0.717, 1.165) is 18.6 Å². The van der Waals surface area contributed by atoms with E-state index >= 15 is 0 Å². The number of benzene rings is 1. The molecule has 0 unspecified atom stereocenters. The van der Waals surface area contributed by atoms with Crippen molar-refractivity contribution in [1.29, 1.82) is 0 Å². The first-order valence-electron chi connectivity index (χ1n) is 6.51. The molecule has 0 saturated heterocycles. The Morgan fingerprint density at radius 1 is 1.39 bits per heavy atom. The fraction of sp³-hybridized carbons (Fsp3) is 0.438. The monoisotopic (exact) mass is 242 g/mol. The number of aryl methyl sites for hydroxylation is 1. The predicted molar refractivity (Wildman–Crippen MR) is 70.9 cm³/mol. The molecular weight excluding hydrogens is 224 g/mol. The van der Waals surface area contributed by atoms with E-state index in [1.165, 1.54) is 11.1 Å². The Labute approximate surface area is 108 Å². The predicted octanol–water partition coefficient (Wildman–Crippen LogP) is 3.26. The third-order valence-electron chi connectivity index (χ3n) is 4.51. The van der Waals surface area contributed by atoms with Gasteiger partial charge < -0.3 is 4.74 Å². The summed E-state index contributed by atoms with van der Waals surface area (Å²) in [5.74, 6) is 1.50. The topological polar surface area (TPSA) is 26.3 Å². The van der Waals surface area contributed by atoms with Gasteiger partial charge in [0.1, 0.15) is 5.75 Å². The van der Waals surface area contributed by atoms with E-state index in [0.29, 0.717) is 12.3 Å². The molecule has 0 aromatic heterocycles. The van der Waals surface area contributed by atoms with Crippen LogP contribution in [0.4, 0.5) is 0 Å². The summed E-state index contributed by atoms with van der Waals surface area (Å²) in [4.78, 5) is 11.7. The average molecular weight is 242 g/mol. The van der Waals surface area contributed by atoms with Crippen LogP contribution in [0.3, 0.4) is 0 Å². The first-order valence-corrected chi connectivity index (χ1v) is 6.51. The molecule has 0 saturated carbocycles. The lowest BCUT2D eigenvalue weighted by Gasteiger charge is -2.42. The van der Waals surface area contributed by atoms with Crippen LogP contribution in [-0.4, -0.2) is 12.9 Å². The third kappa shape index (κ3) is 1.67. The lowest BCUT2D eigenvalue weighted by Crippen LogP contribution is -2.33. The van der Waals surface area contributed by atoms with Crippen molar-refractivity contribution in [2.45, 2.75) is 32.1 Å². The molecule has 0 heterocycles. The van der Waals surface area contributed by atoms with E-state index in [1.807, 2.05) is 6.07 Å². The molecule has 94 valence electrons. The molecule has 2 atom stereocenters. The average Bonchev–Trinajstić information content (AvgIpc) is 2.39. The maximum atomic E-state index is 11.7. The highest BCUT2D eigenvalue weighted by Crippen LogP contribution is 2.50. The van der Waals surface area contributed by atoms with Gasteiger partial charge in [0.25, 0.3) is 0 Å². The maximum Gasteiger partial charge on any atom is 0.156 e. The number of rotatable bonds is 1. The Bertz CT molecular complexity index is 530. The first-order chi connectivity index (χ1) is 8.62. The summed E-state index contributed by atoms with van der Waals surface area (Å²) in [6.07, 6.45) is 6.72. The summed E-state index contributed by atoms with van der Waals surface area (Å²) in [7, 11) is 1.70. The summed E-state index contributed by atoms with van der Waals surface area (Å²) in [6, 6.07) is 6.27. The van der Waals surface area contributed by atoms with E-state index in [-0.39, 0.29) is 11.2 Å². The molecule has 0 amide bonds. The molecule has 0 radical (unpaired) electrons. The molecule has 2 aliphatic rings. The van der Waals surface area contributed by atoms with Crippen molar-refractivity contribution in [2.75, 3.05) is 7.11 Å². The lowest BCUT2D eigenvalue weighted by molar-refractivity contribution is -0.116. The number of ketones is 1. The van der Waals surface area contributed by atoms with Crippen molar-refractivity contribution in [3.63, 3.8) is 0 Å². The Kier molecular flexibility index (Phi) is 2.54. The number of carbonyl (C=O) groups is 1. The van der Waals surface area contributed by atoms with Crippen molar-refractivity contribution >= 4 is 5.78 Å². The van der Waals surface area contributed by atoms with Gasteiger partial charge in [-0.3, -0.25) is 4.79 Å². The van der Waals surface area contributed by atoms with Crippen molar-refractivity contribution in [2.24, 2.45) is 5.41 Å². The highest BCUT2D eigenvalue weighted by molar-refractivity contribution is 5.91. The van der Waals surface area contributed by atoms with Crippen LogP contribution in [0.25, 0.3) is 0 Å². The van der Waals surface area contributed by atoms with E-state index in [4.69, 9.17) is 4.74 Å².